The number of allylic oxidation sites excluding steroid dienone is 2. The van der Waals surface area contributed by atoms with Gasteiger partial charge in [-0.25, -0.2) is 0 Å². The van der Waals surface area contributed by atoms with Gasteiger partial charge in [-0.1, -0.05) is 70.4 Å². The van der Waals surface area contributed by atoms with Gasteiger partial charge in [0.15, 0.2) is 0 Å². The summed E-state index contributed by atoms with van der Waals surface area (Å²) in [7, 11) is 0. The van der Waals surface area contributed by atoms with Gasteiger partial charge >= 0.3 is 5.97 Å². The van der Waals surface area contributed by atoms with Gasteiger partial charge < -0.3 is 10.2 Å². The van der Waals surface area contributed by atoms with E-state index < -0.39 is 5.97 Å². The van der Waals surface area contributed by atoms with E-state index in [0.29, 0.717) is 6.42 Å². The van der Waals surface area contributed by atoms with Gasteiger partial charge in [0.05, 0.1) is 0 Å². The summed E-state index contributed by atoms with van der Waals surface area (Å²) in [6.45, 7) is 4.19. The Bertz CT molecular complexity index is 255. The van der Waals surface area contributed by atoms with Crippen molar-refractivity contribution in [1.82, 2.24) is 0 Å². The number of unbranched alkanes of at least 4 members (excludes halogenated alkanes) is 11. The first-order valence-electron chi connectivity index (χ1n) is 9.66. The van der Waals surface area contributed by atoms with E-state index >= 15 is 0 Å². The number of hydrogen-bond acceptors (Lipinski definition) is 2. The van der Waals surface area contributed by atoms with Gasteiger partial charge in [0.2, 0.25) is 0 Å². The third-order valence-corrected chi connectivity index (χ3v) is 3.65. The first-order valence-corrected chi connectivity index (χ1v) is 9.66. The molecule has 0 amide bonds. The predicted molar refractivity (Wildman–Crippen MR) is 99.8 cm³/mol. The zero-order valence-corrected chi connectivity index (χ0v) is 16.8. The summed E-state index contributed by atoms with van der Waals surface area (Å²) >= 11 is 0. The molecule has 0 aromatic carbocycles. The van der Waals surface area contributed by atoms with Crippen molar-refractivity contribution in [3.63, 3.8) is 0 Å². The second-order valence-corrected chi connectivity index (χ2v) is 6.04. The van der Waals surface area contributed by atoms with E-state index in [-0.39, 0.29) is 23.7 Å². The summed E-state index contributed by atoms with van der Waals surface area (Å²) in [5, 5.41) is 16.1. The third kappa shape index (κ3) is 33.3. The molecule has 0 aliphatic rings. The number of aliphatic carboxylic acids is 1. The van der Waals surface area contributed by atoms with E-state index in [1.807, 2.05) is 0 Å². The molecule has 0 spiro atoms. The topological polar surface area (TPSA) is 57.5 Å². The van der Waals surface area contributed by atoms with Crippen LogP contribution in [0.15, 0.2) is 12.2 Å². The van der Waals surface area contributed by atoms with E-state index in [0.717, 1.165) is 12.8 Å². The summed E-state index contributed by atoms with van der Waals surface area (Å²) in [6.07, 6.45) is 21.2. The summed E-state index contributed by atoms with van der Waals surface area (Å²) in [4.78, 5) is 10.3. The standard InChI is InChI=1S/C18H34O2.C2H6O.Cu/c1-2-3-4-5-6-7-8-9-10-11-12-13-14-15-16-17-18(19)20;1-2-3;/h9-10H,2-8,11-17H2,1H3,(H,19,20);3H,2H2,1H3;/b10-9-;;. The van der Waals surface area contributed by atoms with Gasteiger partial charge in [0, 0.05) is 30.1 Å². The van der Waals surface area contributed by atoms with Gasteiger partial charge in [-0.3, -0.25) is 4.79 Å². The molecule has 24 heavy (non-hydrogen) atoms. The van der Waals surface area contributed by atoms with Crippen LogP contribution in [-0.2, 0) is 21.9 Å². The fourth-order valence-corrected chi connectivity index (χ4v) is 2.35. The second-order valence-electron chi connectivity index (χ2n) is 6.04. The fraction of sp³-hybridized carbons (Fsp3) is 0.850. The van der Waals surface area contributed by atoms with Crippen molar-refractivity contribution in [2.45, 2.75) is 104 Å². The summed E-state index contributed by atoms with van der Waals surface area (Å²) in [6, 6.07) is 0. The molecule has 0 fully saturated rings. The van der Waals surface area contributed by atoms with Crippen molar-refractivity contribution in [2.24, 2.45) is 0 Å². The molecule has 0 heterocycles. The van der Waals surface area contributed by atoms with E-state index in [2.05, 4.69) is 19.1 Å². The van der Waals surface area contributed by atoms with Gasteiger partial charge in [-0.05, 0) is 39.0 Å². The Hall–Kier alpha value is -0.311. The smallest absolute Gasteiger partial charge is 0.303 e. The van der Waals surface area contributed by atoms with Crippen LogP contribution < -0.4 is 0 Å². The molecule has 0 atom stereocenters. The molecule has 0 rings (SSSR count). The quantitative estimate of drug-likeness (QED) is 0.201. The number of carbonyl (C=O) groups is 1. The first kappa shape index (κ1) is 28.5. The van der Waals surface area contributed by atoms with Crippen LogP contribution in [0.5, 0.6) is 0 Å². The van der Waals surface area contributed by atoms with Crippen molar-refractivity contribution in [3.8, 4) is 0 Å². The Labute approximate surface area is 160 Å². The molecule has 3 nitrogen and oxygen atoms in total. The van der Waals surface area contributed by atoms with E-state index in [4.69, 9.17) is 10.2 Å². The molecule has 0 saturated carbocycles. The molecule has 0 aliphatic heterocycles. The molecule has 0 aromatic rings. The molecule has 0 saturated heterocycles. The summed E-state index contributed by atoms with van der Waals surface area (Å²) in [5.74, 6) is -0.664. The Morgan fingerprint density at radius 3 is 1.54 bits per heavy atom. The van der Waals surface area contributed by atoms with Crippen LogP contribution in [0.3, 0.4) is 0 Å². The van der Waals surface area contributed by atoms with Crippen LogP contribution in [0.2, 0.25) is 0 Å². The van der Waals surface area contributed by atoms with Crippen molar-refractivity contribution >= 4 is 5.97 Å². The minimum atomic E-state index is -0.664. The second kappa shape index (κ2) is 27.5. The van der Waals surface area contributed by atoms with Crippen LogP contribution in [0.4, 0.5) is 0 Å². The molecule has 149 valence electrons. The molecule has 0 bridgehead atoms. The first-order chi connectivity index (χ1) is 11.2. The summed E-state index contributed by atoms with van der Waals surface area (Å²) < 4.78 is 0. The maximum absolute atomic E-state index is 10.3. The zero-order chi connectivity index (χ0) is 17.6. The van der Waals surface area contributed by atoms with E-state index in [9.17, 15) is 4.79 Å². The van der Waals surface area contributed by atoms with Gasteiger partial charge in [0.1, 0.15) is 0 Å². The molecule has 1 radical (unpaired) electrons. The average molecular weight is 392 g/mol. The monoisotopic (exact) mass is 391 g/mol. The SMILES string of the molecule is CCCCCCCC/C=C\CCCCCCCC(=O)O.CCO.[Cu]. The predicted octanol–water partition coefficient (Wildman–Crippen LogP) is 6.10. The van der Waals surface area contributed by atoms with Crippen molar-refractivity contribution < 1.29 is 32.1 Å². The molecule has 0 aromatic heterocycles. The minimum absolute atomic E-state index is 0. The van der Waals surface area contributed by atoms with Crippen LogP contribution in [0.25, 0.3) is 0 Å². The van der Waals surface area contributed by atoms with Crippen LogP contribution in [-0.4, -0.2) is 22.8 Å². The number of aliphatic hydroxyl groups is 1. The molecular formula is C20H40CuO3. The minimum Gasteiger partial charge on any atom is -0.481 e. The maximum Gasteiger partial charge on any atom is 0.303 e. The van der Waals surface area contributed by atoms with Crippen molar-refractivity contribution in [2.75, 3.05) is 6.61 Å². The van der Waals surface area contributed by atoms with Crippen molar-refractivity contribution in [1.29, 1.82) is 0 Å². The largest absolute Gasteiger partial charge is 0.481 e. The van der Waals surface area contributed by atoms with Crippen molar-refractivity contribution in [3.05, 3.63) is 12.2 Å². The van der Waals surface area contributed by atoms with E-state index in [1.54, 1.807) is 6.92 Å². The molecule has 0 aliphatic carbocycles. The van der Waals surface area contributed by atoms with Gasteiger partial charge in [-0.2, -0.15) is 0 Å². The Morgan fingerprint density at radius 1 is 0.750 bits per heavy atom. The molecule has 0 unspecified atom stereocenters. The Balaban J connectivity index is -0.00000102. The van der Waals surface area contributed by atoms with Gasteiger partial charge in [-0.15, -0.1) is 0 Å². The molecular weight excluding hydrogens is 352 g/mol. The number of hydrogen-bond donors (Lipinski definition) is 2. The van der Waals surface area contributed by atoms with E-state index in [1.165, 1.54) is 70.6 Å². The number of carboxylic acid groups (broad SMARTS) is 1. The van der Waals surface area contributed by atoms with Crippen LogP contribution in [0, 0.1) is 0 Å². The normalized spacial score (nSPS) is 10.1. The van der Waals surface area contributed by atoms with Crippen LogP contribution in [0.1, 0.15) is 104 Å². The number of carboxylic acids is 1. The average Bonchev–Trinajstić information content (AvgIpc) is 2.51. The summed E-state index contributed by atoms with van der Waals surface area (Å²) in [5.41, 5.74) is 0. The zero-order valence-electron chi connectivity index (χ0n) is 15.9. The molecule has 2 N–H and O–H groups in total. The number of aliphatic hydroxyl groups excluding tert-OH is 1. The molecule has 4 heteroatoms. The fourth-order valence-electron chi connectivity index (χ4n) is 2.35. The maximum atomic E-state index is 10.3. The number of rotatable bonds is 15. The van der Waals surface area contributed by atoms with Gasteiger partial charge in [0.25, 0.3) is 0 Å². The third-order valence-electron chi connectivity index (χ3n) is 3.65. The Kier molecular flexibility index (Phi) is 32.7. The Morgan fingerprint density at radius 2 is 1.12 bits per heavy atom. The van der Waals surface area contributed by atoms with Crippen LogP contribution >= 0.6 is 0 Å².